The summed E-state index contributed by atoms with van der Waals surface area (Å²) >= 11 is 0. The average Bonchev–Trinajstić information content (AvgIpc) is 2.19. The zero-order valence-electron chi connectivity index (χ0n) is 8.97. The zero-order valence-corrected chi connectivity index (χ0v) is 8.97. The number of aliphatic hydroxyl groups excluding tert-OH is 1. The van der Waals surface area contributed by atoms with E-state index in [9.17, 15) is 5.11 Å². The maximum absolute atomic E-state index is 9.43. The molecular weight excluding hydrogens is 162 g/mol. The smallest absolute Gasteiger partial charge is 0.0499 e. The lowest BCUT2D eigenvalue weighted by Gasteiger charge is -2.38. The van der Waals surface area contributed by atoms with Crippen LogP contribution in [0.3, 0.4) is 0 Å². The Morgan fingerprint density at radius 3 is 2.38 bits per heavy atom. The standard InChI is InChI=1S/C11H23NO/c1-11(9-13,8-12-2)10-6-4-3-5-7-10/h10,12-13H,3-9H2,1-2H3. The highest BCUT2D eigenvalue weighted by molar-refractivity contribution is 4.85. The summed E-state index contributed by atoms with van der Waals surface area (Å²) in [5.41, 5.74) is 0.106. The molecule has 2 nitrogen and oxygen atoms in total. The van der Waals surface area contributed by atoms with Gasteiger partial charge >= 0.3 is 0 Å². The highest BCUT2D eigenvalue weighted by Gasteiger charge is 2.33. The molecule has 1 aliphatic carbocycles. The number of hydrogen-bond donors (Lipinski definition) is 2. The first-order valence-electron chi connectivity index (χ1n) is 5.48. The zero-order chi connectivity index (χ0) is 9.73. The molecule has 0 spiro atoms. The highest BCUT2D eigenvalue weighted by Crippen LogP contribution is 2.37. The van der Waals surface area contributed by atoms with E-state index >= 15 is 0 Å². The van der Waals surface area contributed by atoms with Crippen molar-refractivity contribution in [3.05, 3.63) is 0 Å². The van der Waals surface area contributed by atoms with Crippen LogP contribution in [0.4, 0.5) is 0 Å². The molecule has 1 rings (SSSR count). The summed E-state index contributed by atoms with van der Waals surface area (Å²) in [5.74, 6) is 0.721. The fourth-order valence-corrected chi connectivity index (χ4v) is 2.53. The molecule has 1 aliphatic rings. The molecule has 0 heterocycles. The van der Waals surface area contributed by atoms with Gasteiger partial charge in [-0.05, 0) is 25.8 Å². The Morgan fingerprint density at radius 1 is 1.31 bits per heavy atom. The molecule has 1 fully saturated rings. The second-order valence-corrected chi connectivity index (χ2v) is 4.68. The van der Waals surface area contributed by atoms with Gasteiger partial charge in [-0.2, -0.15) is 0 Å². The molecule has 0 bridgehead atoms. The van der Waals surface area contributed by atoms with E-state index in [1.54, 1.807) is 0 Å². The average molecular weight is 185 g/mol. The molecule has 0 aromatic carbocycles. The van der Waals surface area contributed by atoms with E-state index < -0.39 is 0 Å². The summed E-state index contributed by atoms with van der Waals surface area (Å²) in [4.78, 5) is 0. The quantitative estimate of drug-likeness (QED) is 0.700. The lowest BCUT2D eigenvalue weighted by molar-refractivity contribution is 0.0579. The Kier molecular flexibility index (Phi) is 4.20. The van der Waals surface area contributed by atoms with Crippen LogP contribution in [0.25, 0.3) is 0 Å². The topological polar surface area (TPSA) is 32.3 Å². The molecule has 0 radical (unpaired) electrons. The van der Waals surface area contributed by atoms with Gasteiger partial charge in [0.1, 0.15) is 0 Å². The largest absolute Gasteiger partial charge is 0.396 e. The lowest BCUT2D eigenvalue weighted by Crippen LogP contribution is -2.40. The Bertz CT molecular complexity index is 143. The molecule has 1 unspecified atom stereocenters. The van der Waals surface area contributed by atoms with Crippen molar-refractivity contribution in [1.29, 1.82) is 0 Å². The van der Waals surface area contributed by atoms with Crippen LogP contribution in [0.5, 0.6) is 0 Å². The molecule has 78 valence electrons. The Morgan fingerprint density at radius 2 is 1.92 bits per heavy atom. The second-order valence-electron chi connectivity index (χ2n) is 4.68. The van der Waals surface area contributed by atoms with Crippen molar-refractivity contribution < 1.29 is 5.11 Å². The minimum atomic E-state index is 0.106. The van der Waals surface area contributed by atoms with E-state index in [0.29, 0.717) is 6.61 Å². The minimum Gasteiger partial charge on any atom is -0.396 e. The van der Waals surface area contributed by atoms with E-state index in [-0.39, 0.29) is 5.41 Å². The van der Waals surface area contributed by atoms with Crippen molar-refractivity contribution in [2.45, 2.75) is 39.0 Å². The highest BCUT2D eigenvalue weighted by atomic mass is 16.3. The van der Waals surface area contributed by atoms with Crippen LogP contribution in [0.1, 0.15) is 39.0 Å². The molecule has 0 amide bonds. The lowest BCUT2D eigenvalue weighted by atomic mass is 9.70. The monoisotopic (exact) mass is 185 g/mol. The second kappa shape index (κ2) is 4.97. The minimum absolute atomic E-state index is 0.106. The van der Waals surface area contributed by atoms with Gasteiger partial charge in [0.25, 0.3) is 0 Å². The summed E-state index contributed by atoms with van der Waals surface area (Å²) in [6.07, 6.45) is 6.70. The predicted octanol–water partition coefficient (Wildman–Crippen LogP) is 1.78. The molecule has 2 heteroatoms. The van der Waals surface area contributed by atoms with Gasteiger partial charge in [0.15, 0.2) is 0 Å². The molecule has 13 heavy (non-hydrogen) atoms. The summed E-state index contributed by atoms with van der Waals surface area (Å²) in [6, 6.07) is 0. The van der Waals surface area contributed by atoms with Crippen LogP contribution >= 0.6 is 0 Å². The third kappa shape index (κ3) is 2.68. The molecule has 2 N–H and O–H groups in total. The van der Waals surface area contributed by atoms with Gasteiger partial charge in [0, 0.05) is 18.6 Å². The maximum atomic E-state index is 9.43. The van der Waals surface area contributed by atoms with Crippen LogP contribution in [0, 0.1) is 11.3 Å². The van der Waals surface area contributed by atoms with Crippen LogP contribution in [0.15, 0.2) is 0 Å². The molecule has 0 aromatic rings. The van der Waals surface area contributed by atoms with Crippen molar-refractivity contribution >= 4 is 0 Å². The molecular formula is C11H23NO. The van der Waals surface area contributed by atoms with Gasteiger partial charge in [0.05, 0.1) is 0 Å². The number of hydrogen-bond acceptors (Lipinski definition) is 2. The number of nitrogens with one attached hydrogen (secondary N) is 1. The van der Waals surface area contributed by atoms with E-state index in [0.717, 1.165) is 12.5 Å². The normalized spacial score (nSPS) is 24.2. The molecule has 0 saturated heterocycles. The van der Waals surface area contributed by atoms with E-state index in [4.69, 9.17) is 0 Å². The summed E-state index contributed by atoms with van der Waals surface area (Å²) in [7, 11) is 1.97. The molecule has 1 atom stereocenters. The Labute approximate surface area is 81.7 Å². The van der Waals surface area contributed by atoms with Gasteiger partial charge < -0.3 is 10.4 Å². The van der Waals surface area contributed by atoms with Crippen LogP contribution in [0.2, 0.25) is 0 Å². The van der Waals surface area contributed by atoms with Crippen LogP contribution in [-0.4, -0.2) is 25.3 Å². The summed E-state index contributed by atoms with van der Waals surface area (Å²) in [6.45, 7) is 3.46. The predicted molar refractivity (Wildman–Crippen MR) is 55.7 cm³/mol. The van der Waals surface area contributed by atoms with Gasteiger partial charge in [-0.3, -0.25) is 0 Å². The van der Waals surface area contributed by atoms with Gasteiger partial charge in [-0.15, -0.1) is 0 Å². The van der Waals surface area contributed by atoms with E-state index in [2.05, 4.69) is 12.2 Å². The third-order valence-corrected chi connectivity index (χ3v) is 3.53. The SMILES string of the molecule is CNCC(C)(CO)C1CCCCC1. The number of rotatable bonds is 4. The van der Waals surface area contributed by atoms with Crippen molar-refractivity contribution in [2.24, 2.45) is 11.3 Å². The van der Waals surface area contributed by atoms with Crippen LogP contribution in [-0.2, 0) is 0 Å². The summed E-state index contributed by atoms with van der Waals surface area (Å²) < 4.78 is 0. The molecule has 0 aliphatic heterocycles. The maximum Gasteiger partial charge on any atom is 0.0499 e. The fraction of sp³-hybridized carbons (Fsp3) is 1.00. The summed E-state index contributed by atoms with van der Waals surface area (Å²) in [5, 5.41) is 12.6. The van der Waals surface area contributed by atoms with E-state index in [1.807, 2.05) is 7.05 Å². The number of aliphatic hydroxyl groups is 1. The first-order valence-corrected chi connectivity index (χ1v) is 5.48. The Balaban J connectivity index is 2.51. The van der Waals surface area contributed by atoms with Crippen molar-refractivity contribution in [3.63, 3.8) is 0 Å². The molecule has 1 saturated carbocycles. The van der Waals surface area contributed by atoms with Gasteiger partial charge in [-0.1, -0.05) is 26.2 Å². The van der Waals surface area contributed by atoms with Crippen LogP contribution < -0.4 is 5.32 Å². The first-order chi connectivity index (χ1) is 6.23. The molecule has 0 aromatic heterocycles. The third-order valence-electron chi connectivity index (χ3n) is 3.53. The Hall–Kier alpha value is -0.0800. The first kappa shape index (κ1) is 11.0. The fourth-order valence-electron chi connectivity index (χ4n) is 2.53. The van der Waals surface area contributed by atoms with E-state index in [1.165, 1.54) is 32.1 Å². The van der Waals surface area contributed by atoms with Gasteiger partial charge in [0.2, 0.25) is 0 Å². The van der Waals surface area contributed by atoms with Crippen molar-refractivity contribution in [2.75, 3.05) is 20.2 Å². The van der Waals surface area contributed by atoms with Crippen molar-refractivity contribution in [3.8, 4) is 0 Å². The van der Waals surface area contributed by atoms with Gasteiger partial charge in [-0.25, -0.2) is 0 Å². The van der Waals surface area contributed by atoms with Crippen molar-refractivity contribution in [1.82, 2.24) is 5.32 Å².